The van der Waals surface area contributed by atoms with Gasteiger partial charge in [-0.3, -0.25) is 0 Å². The third-order valence-electron chi connectivity index (χ3n) is 10.9. The predicted molar refractivity (Wildman–Crippen MR) is 186 cm³/mol. The summed E-state index contributed by atoms with van der Waals surface area (Å²) in [7, 11) is 0. The average molecular weight is 539 g/mol. The highest BCUT2D eigenvalue weighted by atomic mass is 14.3. The monoisotopic (exact) mass is 538 g/mol. The summed E-state index contributed by atoms with van der Waals surface area (Å²) in [6, 6.07) is 41.8. The Hall–Kier alpha value is -5.46. The summed E-state index contributed by atoms with van der Waals surface area (Å²) < 4.78 is 0. The molecule has 194 valence electrons. The summed E-state index contributed by atoms with van der Waals surface area (Å²) in [4.78, 5) is 0. The van der Waals surface area contributed by atoms with Crippen molar-refractivity contribution in [2.24, 2.45) is 0 Å². The van der Waals surface area contributed by atoms with Crippen molar-refractivity contribution < 1.29 is 0 Å². The average Bonchev–Trinajstić information content (AvgIpc) is 3.61. The number of benzene rings is 8. The number of fused-ring (bicyclic) bond motifs is 11. The van der Waals surface area contributed by atoms with Gasteiger partial charge in [0.15, 0.2) is 0 Å². The molecule has 2 aliphatic carbocycles. The van der Waals surface area contributed by atoms with E-state index in [0.29, 0.717) is 0 Å². The third-order valence-corrected chi connectivity index (χ3v) is 10.9. The van der Waals surface area contributed by atoms with Crippen molar-refractivity contribution in [3.05, 3.63) is 132 Å². The first kappa shape index (κ1) is 21.3. The van der Waals surface area contributed by atoms with Crippen molar-refractivity contribution in [2.45, 2.75) is 6.42 Å². The van der Waals surface area contributed by atoms with Crippen LogP contribution in [0.5, 0.6) is 0 Å². The Balaban J connectivity index is 1.28. The molecule has 0 atom stereocenters. The van der Waals surface area contributed by atoms with E-state index in [1.54, 1.807) is 0 Å². The molecule has 0 nitrogen and oxygen atoms in total. The normalized spacial score (nSPS) is 14.3. The van der Waals surface area contributed by atoms with Crippen molar-refractivity contribution >= 4 is 97.8 Å². The first-order chi connectivity index (χ1) is 21.3. The van der Waals surface area contributed by atoms with E-state index >= 15 is 0 Å². The van der Waals surface area contributed by atoms with Gasteiger partial charge in [0.25, 0.3) is 0 Å². The van der Waals surface area contributed by atoms with Gasteiger partial charge in [-0.1, -0.05) is 109 Å². The minimum absolute atomic E-state index is 0.947. The zero-order valence-electron chi connectivity index (χ0n) is 23.3. The Morgan fingerprint density at radius 1 is 0.349 bits per heavy atom. The van der Waals surface area contributed by atoms with Crippen LogP contribution in [0.4, 0.5) is 0 Å². The van der Waals surface area contributed by atoms with Crippen LogP contribution < -0.4 is 5.22 Å². The number of hydrogen-bond donors (Lipinski definition) is 0. The zero-order valence-corrected chi connectivity index (χ0v) is 23.3. The predicted octanol–water partition coefficient (Wildman–Crippen LogP) is 11.1. The van der Waals surface area contributed by atoms with E-state index in [1.165, 1.54) is 119 Å². The fourth-order valence-electron chi connectivity index (χ4n) is 9.23. The third kappa shape index (κ3) is 2.27. The number of allylic oxidation sites excluding steroid dienone is 1. The molecule has 0 radical (unpaired) electrons. The Morgan fingerprint density at radius 3 is 1.63 bits per heavy atom. The molecule has 0 bridgehead atoms. The van der Waals surface area contributed by atoms with Crippen LogP contribution in [0, 0.1) is 0 Å². The number of rotatable bonds is 0. The topological polar surface area (TPSA) is 0 Å². The lowest BCUT2D eigenvalue weighted by molar-refractivity contribution is 1.49. The molecule has 0 saturated carbocycles. The lowest BCUT2D eigenvalue weighted by Crippen LogP contribution is -2.07. The molecular formula is C43H22. The SMILES string of the molecule is C1=C2c3ccccc3-c3ccc4c(c32)c(c2ccc3c5cc6c(cc5c5ccc4c2c35)c2cccc3cccc6c32)=CC1. The first-order valence-electron chi connectivity index (χ1n) is 15.3. The van der Waals surface area contributed by atoms with Gasteiger partial charge in [-0.25, -0.2) is 0 Å². The first-order valence-corrected chi connectivity index (χ1v) is 15.3. The van der Waals surface area contributed by atoms with Crippen molar-refractivity contribution in [3.63, 3.8) is 0 Å². The summed E-state index contributed by atoms with van der Waals surface area (Å²) in [6.07, 6.45) is 5.88. The van der Waals surface area contributed by atoms with Gasteiger partial charge in [0, 0.05) is 0 Å². The van der Waals surface area contributed by atoms with Crippen LogP contribution in [0.15, 0.2) is 115 Å². The van der Waals surface area contributed by atoms with Crippen LogP contribution in [0.2, 0.25) is 0 Å². The summed E-state index contributed by atoms with van der Waals surface area (Å²) in [5.41, 5.74) is 6.96. The molecule has 0 unspecified atom stereocenters. The van der Waals surface area contributed by atoms with Crippen LogP contribution in [0.3, 0.4) is 0 Å². The van der Waals surface area contributed by atoms with Gasteiger partial charge in [-0.15, -0.1) is 0 Å². The van der Waals surface area contributed by atoms with Gasteiger partial charge in [0.1, 0.15) is 0 Å². The molecule has 0 N–H and O–H groups in total. The van der Waals surface area contributed by atoms with Gasteiger partial charge in [-0.05, 0) is 138 Å². The molecule has 0 fully saturated rings. The van der Waals surface area contributed by atoms with Gasteiger partial charge in [0.05, 0.1) is 0 Å². The van der Waals surface area contributed by atoms with E-state index in [-0.39, 0.29) is 0 Å². The maximum Gasteiger partial charge on any atom is -0.00139 e. The molecule has 0 heterocycles. The maximum atomic E-state index is 2.48. The largest absolute Gasteiger partial charge is 0.0722 e. The van der Waals surface area contributed by atoms with Crippen molar-refractivity contribution in [2.75, 3.05) is 0 Å². The molecule has 2 aliphatic rings. The van der Waals surface area contributed by atoms with Gasteiger partial charge < -0.3 is 0 Å². The molecule has 10 aromatic carbocycles. The fourth-order valence-corrected chi connectivity index (χ4v) is 9.23. The van der Waals surface area contributed by atoms with Crippen LogP contribution >= 0.6 is 0 Å². The van der Waals surface area contributed by atoms with Crippen molar-refractivity contribution in [3.8, 4) is 11.1 Å². The smallest absolute Gasteiger partial charge is 0.00139 e. The van der Waals surface area contributed by atoms with E-state index in [2.05, 4.69) is 121 Å². The molecule has 43 heavy (non-hydrogen) atoms. The van der Waals surface area contributed by atoms with Crippen LogP contribution in [0.1, 0.15) is 17.5 Å². The van der Waals surface area contributed by atoms with Crippen LogP contribution in [0.25, 0.3) is 109 Å². The highest BCUT2D eigenvalue weighted by Crippen LogP contribution is 2.51. The highest BCUT2D eigenvalue weighted by Gasteiger charge is 2.28. The Labute approximate surface area is 246 Å². The fraction of sp³-hybridized carbons (Fsp3) is 0.0233. The standard InChI is InChI=1S/C43H22/c1-2-9-24-23(8-1)25-12-5-13-26-30-16-18-33-37-20-35-27-10-3-6-22-7-4-11-28(39(22)27)36(35)21-38(37)34-19-17-32(42(30)43(33)34)31-15-14-29(24)40(25)41(26)31/h1-4,6-21H,5H2. The molecule has 0 aliphatic heterocycles. The Bertz CT molecular complexity index is 2920. The molecule has 0 saturated heterocycles. The van der Waals surface area contributed by atoms with Crippen LogP contribution in [-0.4, -0.2) is 0 Å². The maximum absolute atomic E-state index is 2.48. The molecule has 0 aromatic heterocycles. The van der Waals surface area contributed by atoms with Gasteiger partial charge >= 0.3 is 0 Å². The van der Waals surface area contributed by atoms with Crippen molar-refractivity contribution in [1.29, 1.82) is 0 Å². The van der Waals surface area contributed by atoms with Crippen LogP contribution in [-0.2, 0) is 0 Å². The van der Waals surface area contributed by atoms with Gasteiger partial charge in [-0.2, -0.15) is 0 Å². The van der Waals surface area contributed by atoms with E-state index in [0.717, 1.165) is 6.42 Å². The number of hydrogen-bond acceptors (Lipinski definition) is 0. The molecule has 0 spiro atoms. The minimum atomic E-state index is 0.947. The lowest BCUT2D eigenvalue weighted by Gasteiger charge is -2.15. The highest BCUT2D eigenvalue weighted by molar-refractivity contribution is 6.41. The van der Waals surface area contributed by atoms with E-state index in [1.807, 2.05) is 0 Å². The molecule has 0 amide bonds. The van der Waals surface area contributed by atoms with E-state index in [4.69, 9.17) is 0 Å². The molecular weight excluding hydrogens is 516 g/mol. The second kappa shape index (κ2) is 6.94. The van der Waals surface area contributed by atoms with E-state index < -0.39 is 0 Å². The summed E-state index contributed by atoms with van der Waals surface area (Å²) >= 11 is 0. The molecule has 12 rings (SSSR count). The summed E-state index contributed by atoms with van der Waals surface area (Å²) in [5, 5.41) is 23.5. The lowest BCUT2D eigenvalue weighted by atomic mass is 9.88. The quantitative estimate of drug-likeness (QED) is 0.133. The summed E-state index contributed by atoms with van der Waals surface area (Å²) in [6.45, 7) is 0. The summed E-state index contributed by atoms with van der Waals surface area (Å²) in [5.74, 6) is 0. The Kier molecular flexibility index (Phi) is 3.43. The molecule has 0 heteroatoms. The van der Waals surface area contributed by atoms with Crippen molar-refractivity contribution in [1.82, 2.24) is 0 Å². The second-order valence-electron chi connectivity index (χ2n) is 12.7. The molecule has 10 aromatic rings. The van der Waals surface area contributed by atoms with E-state index in [9.17, 15) is 0 Å². The van der Waals surface area contributed by atoms with Gasteiger partial charge in [0.2, 0.25) is 0 Å². The zero-order chi connectivity index (χ0) is 27.6. The second-order valence-corrected chi connectivity index (χ2v) is 12.7. The Morgan fingerprint density at radius 2 is 0.907 bits per heavy atom. The minimum Gasteiger partial charge on any atom is -0.0722 e.